The monoisotopic (exact) mass is 610 g/mol. The second-order valence-electron chi connectivity index (χ2n) is 6.71. The third-order valence-corrected chi connectivity index (χ3v) is 5.97. The van der Waals surface area contributed by atoms with Gasteiger partial charge in [-0.25, -0.2) is 0 Å². The van der Waals surface area contributed by atoms with Crippen molar-refractivity contribution in [3.05, 3.63) is 72.6 Å². The zero-order chi connectivity index (χ0) is 25.8. The molecule has 2 aromatic carbocycles. The van der Waals surface area contributed by atoms with Crippen LogP contribution in [0.5, 0.6) is 0 Å². The van der Waals surface area contributed by atoms with Crippen LogP contribution < -0.4 is 10.9 Å². The molecule has 0 bridgehead atoms. The molecular weight excluding hydrogens is 600 g/mol. The van der Waals surface area contributed by atoms with E-state index in [1.165, 1.54) is 18.2 Å². The van der Waals surface area contributed by atoms with E-state index >= 15 is 0 Å². The standard InChI is InChI=1S/C20H12BrCl3F6N2O2/c21-13-5-9(1-3-11(13)18(34)32-31-16(33)8-19(25,26)27)2-4-12(20(28,29)30)10-6-14(22)17(24)15(23)7-10/h1-7,12H,8H2,(H,31,33)(H,32,34)/b4-2+. The summed E-state index contributed by atoms with van der Waals surface area (Å²) >= 11 is 20.5. The van der Waals surface area contributed by atoms with Crippen LogP contribution in [0.15, 0.2) is 40.9 Å². The molecule has 184 valence electrons. The number of hydrogen-bond acceptors (Lipinski definition) is 2. The molecule has 2 amide bonds. The first kappa shape index (κ1) is 28.3. The van der Waals surface area contributed by atoms with E-state index in [9.17, 15) is 35.9 Å². The minimum atomic E-state index is -4.75. The van der Waals surface area contributed by atoms with Gasteiger partial charge in [0.2, 0.25) is 5.91 Å². The number of nitrogens with one attached hydrogen (secondary N) is 2. The quantitative estimate of drug-likeness (QED) is 0.209. The Morgan fingerprint density at radius 2 is 1.56 bits per heavy atom. The third kappa shape index (κ3) is 8.07. The van der Waals surface area contributed by atoms with Crippen molar-refractivity contribution >= 4 is 68.6 Å². The Balaban J connectivity index is 2.20. The summed E-state index contributed by atoms with van der Waals surface area (Å²) < 4.78 is 77.5. The van der Waals surface area contributed by atoms with Crippen LogP contribution in [0.25, 0.3) is 6.08 Å². The van der Waals surface area contributed by atoms with Crippen molar-refractivity contribution in [3.63, 3.8) is 0 Å². The van der Waals surface area contributed by atoms with Crippen LogP contribution >= 0.6 is 50.7 Å². The maximum atomic E-state index is 13.6. The lowest BCUT2D eigenvalue weighted by Crippen LogP contribution is -2.43. The zero-order valence-electron chi connectivity index (χ0n) is 16.4. The fourth-order valence-electron chi connectivity index (χ4n) is 2.61. The molecule has 1 unspecified atom stereocenters. The van der Waals surface area contributed by atoms with Gasteiger partial charge in [0.25, 0.3) is 5.91 Å². The topological polar surface area (TPSA) is 58.2 Å². The normalized spacial score (nSPS) is 13.1. The maximum absolute atomic E-state index is 13.6. The Labute approximate surface area is 212 Å². The van der Waals surface area contributed by atoms with Crippen LogP contribution in [0.3, 0.4) is 0 Å². The Morgan fingerprint density at radius 1 is 0.971 bits per heavy atom. The number of benzene rings is 2. The van der Waals surface area contributed by atoms with Crippen molar-refractivity contribution in [3.8, 4) is 0 Å². The molecule has 0 radical (unpaired) electrons. The van der Waals surface area contributed by atoms with Gasteiger partial charge in [-0.3, -0.25) is 20.4 Å². The molecule has 2 aromatic rings. The van der Waals surface area contributed by atoms with Crippen molar-refractivity contribution in [2.24, 2.45) is 0 Å². The lowest BCUT2D eigenvalue weighted by atomic mass is 9.97. The third-order valence-electron chi connectivity index (χ3n) is 4.11. The number of hydrazine groups is 1. The first-order chi connectivity index (χ1) is 15.6. The molecule has 0 aliphatic heterocycles. The summed E-state index contributed by atoms with van der Waals surface area (Å²) in [5.41, 5.74) is 3.36. The van der Waals surface area contributed by atoms with E-state index in [1.54, 1.807) is 5.43 Å². The highest BCUT2D eigenvalue weighted by molar-refractivity contribution is 9.10. The van der Waals surface area contributed by atoms with Gasteiger partial charge in [-0.1, -0.05) is 53.0 Å². The molecule has 0 saturated carbocycles. The van der Waals surface area contributed by atoms with E-state index in [0.29, 0.717) is 0 Å². The molecule has 34 heavy (non-hydrogen) atoms. The number of carbonyl (C=O) groups excluding carboxylic acids is 2. The van der Waals surface area contributed by atoms with E-state index < -0.39 is 36.5 Å². The van der Waals surface area contributed by atoms with E-state index in [4.69, 9.17) is 34.8 Å². The number of alkyl halides is 6. The molecule has 2 rings (SSSR count). The molecule has 0 aliphatic carbocycles. The van der Waals surface area contributed by atoms with Gasteiger partial charge >= 0.3 is 12.4 Å². The zero-order valence-corrected chi connectivity index (χ0v) is 20.3. The molecule has 0 heterocycles. The molecule has 0 aromatic heterocycles. The van der Waals surface area contributed by atoms with Crippen molar-refractivity contribution in [2.45, 2.75) is 24.7 Å². The van der Waals surface area contributed by atoms with Gasteiger partial charge in [0, 0.05) is 4.47 Å². The average Bonchev–Trinajstić information content (AvgIpc) is 2.68. The number of carbonyl (C=O) groups is 2. The van der Waals surface area contributed by atoms with E-state index in [1.807, 2.05) is 5.43 Å². The van der Waals surface area contributed by atoms with Crippen LogP contribution in [0.2, 0.25) is 15.1 Å². The molecule has 0 aliphatic rings. The minimum Gasteiger partial charge on any atom is -0.273 e. The first-order valence-electron chi connectivity index (χ1n) is 8.93. The highest BCUT2D eigenvalue weighted by atomic mass is 79.9. The summed E-state index contributed by atoms with van der Waals surface area (Å²) in [5.74, 6) is -4.50. The van der Waals surface area contributed by atoms with E-state index in [2.05, 4.69) is 15.9 Å². The van der Waals surface area contributed by atoms with Crippen molar-refractivity contribution < 1.29 is 35.9 Å². The van der Waals surface area contributed by atoms with Crippen molar-refractivity contribution in [1.29, 1.82) is 0 Å². The molecule has 4 nitrogen and oxygen atoms in total. The number of hydrogen-bond donors (Lipinski definition) is 2. The van der Waals surface area contributed by atoms with Crippen LogP contribution in [-0.4, -0.2) is 24.2 Å². The average molecular weight is 613 g/mol. The molecular formula is C20H12BrCl3F6N2O2. The molecule has 0 spiro atoms. The Bertz CT molecular complexity index is 1100. The van der Waals surface area contributed by atoms with Crippen molar-refractivity contribution in [2.75, 3.05) is 0 Å². The van der Waals surface area contributed by atoms with Gasteiger partial charge in [0.1, 0.15) is 6.42 Å². The largest absolute Gasteiger partial charge is 0.399 e. The van der Waals surface area contributed by atoms with Gasteiger partial charge in [0.15, 0.2) is 0 Å². The summed E-state index contributed by atoms with van der Waals surface area (Å²) in [6.45, 7) is 0. The summed E-state index contributed by atoms with van der Waals surface area (Å²) in [7, 11) is 0. The van der Waals surface area contributed by atoms with Gasteiger partial charge in [-0.05, 0) is 51.3 Å². The van der Waals surface area contributed by atoms with Crippen LogP contribution in [-0.2, 0) is 4.79 Å². The Hall–Kier alpha value is -1.95. The van der Waals surface area contributed by atoms with Gasteiger partial charge < -0.3 is 0 Å². The fraction of sp³-hybridized carbons (Fsp3) is 0.200. The second kappa shape index (κ2) is 11.2. The summed E-state index contributed by atoms with van der Waals surface area (Å²) in [5, 5.41) is -0.371. The Morgan fingerprint density at radius 3 is 2.06 bits per heavy atom. The molecule has 2 N–H and O–H groups in total. The first-order valence-corrected chi connectivity index (χ1v) is 10.9. The fourth-order valence-corrected chi connectivity index (χ4v) is 3.80. The predicted octanol–water partition coefficient (Wildman–Crippen LogP) is 7.48. The van der Waals surface area contributed by atoms with Crippen LogP contribution in [0.1, 0.15) is 33.8 Å². The highest BCUT2D eigenvalue weighted by Gasteiger charge is 2.39. The number of halogens is 10. The van der Waals surface area contributed by atoms with Crippen LogP contribution in [0.4, 0.5) is 26.3 Å². The molecule has 0 fully saturated rings. The Kier molecular flexibility index (Phi) is 9.31. The summed E-state index contributed by atoms with van der Waals surface area (Å²) in [6.07, 6.45) is -9.23. The molecule has 14 heteroatoms. The smallest absolute Gasteiger partial charge is 0.273 e. The molecule has 1 atom stereocenters. The SMILES string of the molecule is O=C(CC(F)(F)F)NNC(=O)c1ccc(/C=C/C(c2cc(Cl)c(Cl)c(Cl)c2)C(F)(F)F)cc1Br. The van der Waals surface area contributed by atoms with Crippen LogP contribution in [0, 0.1) is 0 Å². The second-order valence-corrected chi connectivity index (χ2v) is 8.76. The van der Waals surface area contributed by atoms with Gasteiger partial charge in [-0.15, -0.1) is 0 Å². The van der Waals surface area contributed by atoms with Gasteiger partial charge in [-0.2, -0.15) is 26.3 Å². The number of amides is 2. The predicted molar refractivity (Wildman–Crippen MR) is 120 cm³/mol. The lowest BCUT2D eigenvalue weighted by molar-refractivity contribution is -0.154. The van der Waals surface area contributed by atoms with E-state index in [-0.39, 0.29) is 36.2 Å². The van der Waals surface area contributed by atoms with Crippen molar-refractivity contribution in [1.82, 2.24) is 10.9 Å². The summed E-state index contributed by atoms with van der Waals surface area (Å²) in [4.78, 5) is 23.2. The lowest BCUT2D eigenvalue weighted by Gasteiger charge is -2.18. The molecule has 0 saturated heterocycles. The van der Waals surface area contributed by atoms with E-state index in [0.717, 1.165) is 24.3 Å². The highest BCUT2D eigenvalue weighted by Crippen LogP contribution is 2.41. The number of rotatable bonds is 5. The number of allylic oxidation sites excluding steroid dienone is 1. The summed E-state index contributed by atoms with van der Waals surface area (Å²) in [6, 6.07) is 5.90. The minimum absolute atomic E-state index is 0.0793. The van der Waals surface area contributed by atoms with Gasteiger partial charge in [0.05, 0.1) is 26.5 Å². The maximum Gasteiger partial charge on any atom is 0.399 e.